The lowest BCUT2D eigenvalue weighted by Crippen LogP contribution is -2.74. The van der Waals surface area contributed by atoms with Crippen LogP contribution in [0.4, 0.5) is 0 Å². The number of fused-ring (bicyclic) bond motifs is 3. The number of likely N-dealkylation sites (N-methyl/N-ethyl adjacent to an activating group) is 1. The molecule has 4 unspecified atom stereocenters. The van der Waals surface area contributed by atoms with Gasteiger partial charge in [0.2, 0.25) is 0 Å². The van der Waals surface area contributed by atoms with E-state index in [2.05, 4.69) is 29.1 Å². The Morgan fingerprint density at radius 3 is 2.73 bits per heavy atom. The van der Waals surface area contributed by atoms with Gasteiger partial charge in [-0.2, -0.15) is 0 Å². The van der Waals surface area contributed by atoms with Gasteiger partial charge in [-0.15, -0.1) is 0 Å². The van der Waals surface area contributed by atoms with Crippen LogP contribution in [0.25, 0.3) is 0 Å². The van der Waals surface area contributed by atoms with Crippen LogP contribution in [0.2, 0.25) is 0 Å². The molecule has 3 aliphatic carbocycles. The van der Waals surface area contributed by atoms with Gasteiger partial charge in [-0.1, -0.05) is 6.07 Å². The van der Waals surface area contributed by atoms with Crippen LogP contribution < -0.4 is 10.3 Å². The Labute approximate surface area is 173 Å². The number of nitrogens with one attached hydrogen (secondary N) is 1. The molecule has 30 heavy (non-hydrogen) atoms. The zero-order valence-corrected chi connectivity index (χ0v) is 17.2. The number of aromatic nitrogens is 1. The van der Waals surface area contributed by atoms with E-state index in [1.54, 1.807) is 13.2 Å². The van der Waals surface area contributed by atoms with Crippen molar-refractivity contribution in [2.75, 3.05) is 27.8 Å². The minimum Gasteiger partial charge on any atom is -0.497 e. The third-order valence-electron chi connectivity index (χ3n) is 8.23. The number of aliphatic hydroxyl groups is 1. The third-order valence-corrected chi connectivity index (χ3v) is 8.23. The SMILES string of the molecule is COC(=O)c1cc2c([nH]c1=O)CC13CC4(CN(C)C4C1(O)C2)c1ccc(OC)cc13. The number of rotatable bonds is 2. The molecule has 156 valence electrons. The average Bonchev–Trinajstić information content (AvgIpc) is 3.09. The Bertz CT molecular complexity index is 1190. The largest absolute Gasteiger partial charge is 0.497 e. The van der Waals surface area contributed by atoms with Crippen LogP contribution in [0.3, 0.4) is 0 Å². The number of esters is 1. The summed E-state index contributed by atoms with van der Waals surface area (Å²) in [5.74, 6) is 0.116. The number of carbonyl (C=O) groups excluding carboxylic acids is 1. The summed E-state index contributed by atoms with van der Waals surface area (Å²) in [7, 11) is 4.98. The molecule has 1 aliphatic heterocycles. The van der Waals surface area contributed by atoms with Crippen molar-refractivity contribution in [3.63, 3.8) is 0 Å². The highest BCUT2D eigenvalue weighted by Gasteiger charge is 2.80. The fraction of sp³-hybridized carbons (Fsp3) is 0.478. The standard InChI is InChI=1S/C23H24N2O5/c1-25-11-21-10-22(16-7-13(29-2)4-5-15(16)21)9-17-12(8-23(22,28)20(21)25)6-14(18(26)24-17)19(27)30-3/h4-7,20,28H,8-11H2,1-3H3,(H,24,26). The third kappa shape index (κ3) is 1.76. The molecule has 4 aliphatic rings. The van der Waals surface area contributed by atoms with Gasteiger partial charge in [0.05, 0.1) is 25.9 Å². The molecule has 1 saturated heterocycles. The van der Waals surface area contributed by atoms with Crippen LogP contribution in [0.1, 0.15) is 39.2 Å². The molecule has 6 rings (SSSR count). The van der Waals surface area contributed by atoms with E-state index in [4.69, 9.17) is 9.47 Å². The quantitative estimate of drug-likeness (QED) is 0.718. The van der Waals surface area contributed by atoms with Crippen molar-refractivity contribution in [1.29, 1.82) is 0 Å². The lowest BCUT2D eigenvalue weighted by molar-refractivity contribution is -0.126. The molecule has 0 amide bonds. The molecule has 2 bridgehead atoms. The highest BCUT2D eigenvalue weighted by molar-refractivity contribution is 5.89. The Hall–Kier alpha value is -2.64. The van der Waals surface area contributed by atoms with Crippen LogP contribution in [0, 0.1) is 0 Å². The number of carbonyl (C=O) groups is 1. The van der Waals surface area contributed by atoms with E-state index in [1.165, 1.54) is 12.7 Å². The zero-order chi connectivity index (χ0) is 21.1. The van der Waals surface area contributed by atoms with E-state index in [0.717, 1.165) is 35.5 Å². The molecule has 2 spiro atoms. The Balaban J connectivity index is 1.58. The van der Waals surface area contributed by atoms with Gasteiger partial charge in [-0.3, -0.25) is 9.69 Å². The fourth-order valence-corrected chi connectivity index (χ4v) is 7.35. The molecule has 2 N–H and O–H groups in total. The normalized spacial score (nSPS) is 35.0. The molecule has 4 atom stereocenters. The molecule has 2 fully saturated rings. The highest BCUT2D eigenvalue weighted by atomic mass is 16.5. The molecular formula is C23H24N2O5. The summed E-state index contributed by atoms with van der Waals surface area (Å²) in [6, 6.07) is 7.83. The van der Waals surface area contributed by atoms with Crippen molar-refractivity contribution >= 4 is 5.97 Å². The van der Waals surface area contributed by atoms with Crippen molar-refractivity contribution in [1.82, 2.24) is 9.88 Å². The maximum atomic E-state index is 12.6. The first-order valence-electron chi connectivity index (χ1n) is 10.2. The summed E-state index contributed by atoms with van der Waals surface area (Å²) < 4.78 is 10.3. The molecule has 0 radical (unpaired) electrons. The number of aromatic amines is 1. The Morgan fingerprint density at radius 2 is 2.03 bits per heavy atom. The van der Waals surface area contributed by atoms with E-state index in [9.17, 15) is 14.7 Å². The predicted octanol–water partition coefficient (Wildman–Crippen LogP) is 0.907. The molecule has 1 aromatic heterocycles. The summed E-state index contributed by atoms with van der Waals surface area (Å²) in [6.07, 6.45) is 1.77. The Kier molecular flexibility index (Phi) is 3.23. The number of methoxy groups -OCH3 is 2. The second kappa shape index (κ2) is 5.34. The minimum atomic E-state index is -0.988. The summed E-state index contributed by atoms with van der Waals surface area (Å²) in [5, 5.41) is 12.3. The van der Waals surface area contributed by atoms with E-state index < -0.39 is 22.5 Å². The number of likely N-dealkylation sites (tertiary alicyclic amines) is 1. The summed E-state index contributed by atoms with van der Waals surface area (Å²) >= 11 is 0. The summed E-state index contributed by atoms with van der Waals surface area (Å²) in [6.45, 7) is 0.904. The molecule has 1 saturated carbocycles. The van der Waals surface area contributed by atoms with Crippen LogP contribution in [-0.2, 0) is 28.4 Å². The van der Waals surface area contributed by atoms with Crippen LogP contribution in [0.15, 0.2) is 29.1 Å². The average molecular weight is 408 g/mol. The van der Waals surface area contributed by atoms with E-state index in [-0.39, 0.29) is 17.0 Å². The highest BCUT2D eigenvalue weighted by Crippen LogP contribution is 2.72. The van der Waals surface area contributed by atoms with Gasteiger partial charge in [-0.05, 0) is 48.4 Å². The zero-order valence-electron chi connectivity index (χ0n) is 17.2. The monoisotopic (exact) mass is 408 g/mol. The molecule has 7 nitrogen and oxygen atoms in total. The molecule has 2 heterocycles. The van der Waals surface area contributed by atoms with Crippen molar-refractivity contribution < 1.29 is 19.4 Å². The first kappa shape index (κ1) is 18.2. The number of hydrogen-bond acceptors (Lipinski definition) is 6. The fourth-order valence-electron chi connectivity index (χ4n) is 7.35. The van der Waals surface area contributed by atoms with E-state index in [0.29, 0.717) is 12.8 Å². The van der Waals surface area contributed by atoms with E-state index >= 15 is 0 Å². The Morgan fingerprint density at radius 1 is 1.23 bits per heavy atom. The summed E-state index contributed by atoms with van der Waals surface area (Å²) in [5.41, 5.74) is 2.02. The van der Waals surface area contributed by atoms with Crippen molar-refractivity contribution in [3.8, 4) is 5.75 Å². The topological polar surface area (TPSA) is 91.9 Å². The van der Waals surface area contributed by atoms with Crippen LogP contribution in [0.5, 0.6) is 5.75 Å². The van der Waals surface area contributed by atoms with E-state index in [1.807, 2.05) is 6.07 Å². The lowest BCUT2D eigenvalue weighted by Gasteiger charge is -2.61. The van der Waals surface area contributed by atoms with Gasteiger partial charge in [0.1, 0.15) is 11.3 Å². The summed E-state index contributed by atoms with van der Waals surface area (Å²) in [4.78, 5) is 29.8. The number of nitrogens with zero attached hydrogens (tertiary/aromatic N) is 1. The minimum absolute atomic E-state index is 0.00699. The van der Waals surface area contributed by atoms with Crippen molar-refractivity contribution in [2.45, 2.75) is 41.7 Å². The van der Waals surface area contributed by atoms with Gasteiger partial charge in [-0.25, -0.2) is 4.79 Å². The number of H-pyrrole nitrogens is 1. The predicted molar refractivity (Wildman–Crippen MR) is 108 cm³/mol. The number of pyridine rings is 1. The first-order chi connectivity index (χ1) is 14.3. The van der Waals surface area contributed by atoms with Gasteiger partial charge >= 0.3 is 5.97 Å². The van der Waals surface area contributed by atoms with Crippen molar-refractivity contribution in [3.05, 3.63) is 62.6 Å². The van der Waals surface area contributed by atoms with Gasteiger partial charge < -0.3 is 19.6 Å². The molecule has 7 heteroatoms. The molecule has 1 aromatic carbocycles. The van der Waals surface area contributed by atoms with Gasteiger partial charge in [0.15, 0.2) is 0 Å². The molecule has 2 aromatic rings. The lowest BCUT2D eigenvalue weighted by atomic mass is 9.55. The second-order valence-corrected chi connectivity index (χ2v) is 9.43. The maximum absolute atomic E-state index is 12.6. The smallest absolute Gasteiger partial charge is 0.343 e. The number of hydrogen-bond donors (Lipinski definition) is 2. The van der Waals surface area contributed by atoms with Gasteiger partial charge in [0, 0.05) is 35.9 Å². The van der Waals surface area contributed by atoms with Crippen LogP contribution in [-0.4, -0.2) is 60.4 Å². The molecular weight excluding hydrogens is 384 g/mol. The second-order valence-electron chi connectivity index (χ2n) is 9.43. The number of ether oxygens (including phenoxy) is 2. The maximum Gasteiger partial charge on any atom is 0.343 e. The van der Waals surface area contributed by atoms with Crippen molar-refractivity contribution in [2.24, 2.45) is 0 Å². The van der Waals surface area contributed by atoms with Crippen LogP contribution >= 0.6 is 0 Å². The first-order valence-corrected chi connectivity index (χ1v) is 10.2. The van der Waals surface area contributed by atoms with Gasteiger partial charge in [0.25, 0.3) is 5.56 Å². The number of benzene rings is 1.